The van der Waals surface area contributed by atoms with Gasteiger partial charge in [0.25, 0.3) is 0 Å². The predicted octanol–water partition coefficient (Wildman–Crippen LogP) is 2.70. The second-order valence-corrected chi connectivity index (χ2v) is 4.05. The second-order valence-electron chi connectivity index (χ2n) is 4.05. The Balaban J connectivity index is 2.05. The molecular formula is C14H17NO3. The van der Waals surface area contributed by atoms with E-state index in [1.165, 1.54) is 0 Å². The smallest absolute Gasteiger partial charge is 0.124 e. The highest BCUT2D eigenvalue weighted by molar-refractivity contribution is 5.51. The van der Waals surface area contributed by atoms with Gasteiger partial charge in [0.1, 0.15) is 17.3 Å². The number of anilines is 1. The highest BCUT2D eigenvalue weighted by Gasteiger charge is 2.04. The quantitative estimate of drug-likeness (QED) is 0.853. The molecule has 0 spiro atoms. The molecule has 4 heteroatoms. The van der Waals surface area contributed by atoms with Crippen LogP contribution in [0.15, 0.2) is 34.7 Å². The fourth-order valence-corrected chi connectivity index (χ4v) is 1.78. The Bertz CT molecular complexity index is 520. The largest absolute Gasteiger partial charge is 0.496 e. The molecule has 2 aromatic rings. The number of hydrogen-bond donors (Lipinski definition) is 2. The van der Waals surface area contributed by atoms with Gasteiger partial charge in [0, 0.05) is 11.3 Å². The number of hydrogen-bond acceptors (Lipinski definition) is 4. The number of nitrogens with one attached hydrogen (secondary N) is 1. The summed E-state index contributed by atoms with van der Waals surface area (Å²) in [5.74, 6) is 2.48. The lowest BCUT2D eigenvalue weighted by Gasteiger charge is -2.10. The molecule has 0 aliphatic rings. The van der Waals surface area contributed by atoms with Crippen molar-refractivity contribution >= 4 is 5.69 Å². The number of aliphatic hydroxyl groups is 1. The second kappa shape index (κ2) is 5.60. The molecule has 0 atom stereocenters. The summed E-state index contributed by atoms with van der Waals surface area (Å²) in [6, 6.07) is 9.49. The third-order valence-corrected chi connectivity index (χ3v) is 2.71. The number of aryl methyl sites for hydroxylation is 1. The van der Waals surface area contributed by atoms with E-state index in [-0.39, 0.29) is 6.61 Å². The van der Waals surface area contributed by atoms with E-state index in [9.17, 15) is 5.11 Å². The third-order valence-electron chi connectivity index (χ3n) is 2.71. The maximum atomic E-state index is 9.24. The first-order chi connectivity index (χ1) is 8.72. The van der Waals surface area contributed by atoms with Crippen molar-refractivity contribution in [3.05, 3.63) is 47.4 Å². The molecule has 0 amide bonds. The monoisotopic (exact) mass is 247 g/mol. The van der Waals surface area contributed by atoms with Gasteiger partial charge in [-0.15, -0.1) is 0 Å². The van der Waals surface area contributed by atoms with Gasteiger partial charge in [-0.2, -0.15) is 0 Å². The molecule has 0 saturated heterocycles. The van der Waals surface area contributed by atoms with E-state index in [1.807, 2.05) is 37.3 Å². The summed E-state index contributed by atoms with van der Waals surface area (Å²) >= 11 is 0. The maximum absolute atomic E-state index is 9.24. The average Bonchev–Trinajstić information content (AvgIpc) is 2.81. The van der Waals surface area contributed by atoms with Crippen molar-refractivity contribution in [3.8, 4) is 5.75 Å². The Kier molecular flexibility index (Phi) is 3.89. The Labute approximate surface area is 106 Å². The van der Waals surface area contributed by atoms with Gasteiger partial charge in [0.15, 0.2) is 0 Å². The average molecular weight is 247 g/mol. The molecule has 2 rings (SSSR count). The van der Waals surface area contributed by atoms with Crippen LogP contribution in [0.1, 0.15) is 17.1 Å². The zero-order valence-corrected chi connectivity index (χ0v) is 10.6. The third kappa shape index (κ3) is 2.84. The van der Waals surface area contributed by atoms with Gasteiger partial charge in [0.2, 0.25) is 0 Å². The Morgan fingerprint density at radius 1 is 1.28 bits per heavy atom. The summed E-state index contributed by atoms with van der Waals surface area (Å²) in [7, 11) is 1.59. The Morgan fingerprint density at radius 2 is 2.11 bits per heavy atom. The van der Waals surface area contributed by atoms with E-state index >= 15 is 0 Å². The minimum atomic E-state index is -0.0431. The zero-order valence-electron chi connectivity index (χ0n) is 10.6. The zero-order chi connectivity index (χ0) is 13.0. The highest BCUT2D eigenvalue weighted by atomic mass is 16.5. The van der Waals surface area contributed by atoms with E-state index in [1.54, 1.807) is 7.11 Å². The van der Waals surface area contributed by atoms with Gasteiger partial charge in [-0.3, -0.25) is 0 Å². The minimum absolute atomic E-state index is 0.0431. The number of aliphatic hydroxyl groups excluding tert-OH is 1. The molecule has 0 saturated carbocycles. The van der Waals surface area contributed by atoms with Crippen LogP contribution in [0.25, 0.3) is 0 Å². The summed E-state index contributed by atoms with van der Waals surface area (Å²) in [5, 5.41) is 12.5. The van der Waals surface area contributed by atoms with Crippen LogP contribution in [-0.2, 0) is 13.2 Å². The molecule has 1 aromatic heterocycles. The first-order valence-corrected chi connectivity index (χ1v) is 5.80. The first kappa shape index (κ1) is 12.5. The summed E-state index contributed by atoms with van der Waals surface area (Å²) < 4.78 is 10.6. The molecule has 18 heavy (non-hydrogen) atoms. The lowest BCUT2D eigenvalue weighted by Crippen LogP contribution is -2.00. The fraction of sp³-hybridized carbons (Fsp3) is 0.286. The van der Waals surface area contributed by atoms with Crippen molar-refractivity contribution in [3.63, 3.8) is 0 Å². The molecule has 0 radical (unpaired) electrons. The summed E-state index contributed by atoms with van der Waals surface area (Å²) in [4.78, 5) is 0. The maximum Gasteiger partial charge on any atom is 0.124 e. The predicted molar refractivity (Wildman–Crippen MR) is 69.7 cm³/mol. The molecular weight excluding hydrogens is 230 g/mol. The van der Waals surface area contributed by atoms with Crippen molar-refractivity contribution < 1.29 is 14.3 Å². The molecule has 0 bridgehead atoms. The standard InChI is InChI=1S/C14H17NO3/c1-10-3-5-13(18-10)8-15-12-4-6-14(17-2)11(7-12)9-16/h3-7,15-16H,8-9H2,1-2H3. The lowest BCUT2D eigenvalue weighted by atomic mass is 10.2. The highest BCUT2D eigenvalue weighted by Crippen LogP contribution is 2.23. The van der Waals surface area contributed by atoms with Crippen LogP contribution in [0.5, 0.6) is 5.75 Å². The summed E-state index contributed by atoms with van der Waals surface area (Å²) in [6.07, 6.45) is 0. The van der Waals surface area contributed by atoms with Crippen molar-refractivity contribution in [2.75, 3.05) is 12.4 Å². The number of rotatable bonds is 5. The van der Waals surface area contributed by atoms with Gasteiger partial charge in [0.05, 0.1) is 20.3 Å². The topological polar surface area (TPSA) is 54.6 Å². The van der Waals surface area contributed by atoms with E-state index in [2.05, 4.69) is 5.32 Å². The molecule has 1 heterocycles. The van der Waals surface area contributed by atoms with Crippen molar-refractivity contribution in [2.24, 2.45) is 0 Å². The van der Waals surface area contributed by atoms with Crippen LogP contribution in [0.3, 0.4) is 0 Å². The lowest BCUT2D eigenvalue weighted by molar-refractivity contribution is 0.274. The fourth-order valence-electron chi connectivity index (χ4n) is 1.78. The number of ether oxygens (including phenoxy) is 1. The van der Waals surface area contributed by atoms with Crippen molar-refractivity contribution in [1.82, 2.24) is 0 Å². The number of benzene rings is 1. The summed E-state index contributed by atoms with van der Waals surface area (Å²) in [6.45, 7) is 2.49. The first-order valence-electron chi connectivity index (χ1n) is 5.80. The molecule has 0 fully saturated rings. The van der Waals surface area contributed by atoms with Crippen LogP contribution in [0, 0.1) is 6.92 Å². The minimum Gasteiger partial charge on any atom is -0.496 e. The van der Waals surface area contributed by atoms with Gasteiger partial charge in [-0.1, -0.05) is 0 Å². The molecule has 0 aliphatic carbocycles. The van der Waals surface area contributed by atoms with Gasteiger partial charge >= 0.3 is 0 Å². The molecule has 4 nitrogen and oxygen atoms in total. The SMILES string of the molecule is COc1ccc(NCc2ccc(C)o2)cc1CO. The normalized spacial score (nSPS) is 10.4. The van der Waals surface area contributed by atoms with E-state index in [4.69, 9.17) is 9.15 Å². The molecule has 96 valence electrons. The van der Waals surface area contributed by atoms with Crippen molar-refractivity contribution in [1.29, 1.82) is 0 Å². The van der Waals surface area contributed by atoms with Gasteiger partial charge in [-0.25, -0.2) is 0 Å². The number of methoxy groups -OCH3 is 1. The summed E-state index contributed by atoms with van der Waals surface area (Å²) in [5.41, 5.74) is 1.69. The van der Waals surface area contributed by atoms with E-state index < -0.39 is 0 Å². The van der Waals surface area contributed by atoms with Crippen molar-refractivity contribution in [2.45, 2.75) is 20.1 Å². The van der Waals surface area contributed by atoms with Gasteiger partial charge < -0.3 is 19.6 Å². The number of furan rings is 1. The van der Waals surface area contributed by atoms with Gasteiger partial charge in [-0.05, 0) is 37.3 Å². The van der Waals surface area contributed by atoms with Crippen LogP contribution < -0.4 is 10.1 Å². The van der Waals surface area contributed by atoms with Crippen LogP contribution in [0.4, 0.5) is 5.69 Å². The molecule has 0 unspecified atom stereocenters. The molecule has 0 aliphatic heterocycles. The van der Waals surface area contributed by atoms with E-state index in [0.29, 0.717) is 12.3 Å². The Morgan fingerprint density at radius 3 is 2.72 bits per heavy atom. The van der Waals surface area contributed by atoms with E-state index in [0.717, 1.165) is 22.8 Å². The Hall–Kier alpha value is -1.94. The molecule has 2 N–H and O–H groups in total. The van der Waals surface area contributed by atoms with Crippen LogP contribution in [-0.4, -0.2) is 12.2 Å². The van der Waals surface area contributed by atoms with Crippen LogP contribution >= 0.6 is 0 Å². The van der Waals surface area contributed by atoms with Crippen LogP contribution in [0.2, 0.25) is 0 Å². The molecule has 1 aromatic carbocycles.